The number of hydrogen-bond acceptors (Lipinski definition) is 2. The number of carbonyl (C=O) groups excluding carboxylic acids is 1. The molecule has 5 heteroatoms. The third-order valence-electron chi connectivity index (χ3n) is 3.17. The smallest absolute Gasteiger partial charge is 0.315 e. The summed E-state index contributed by atoms with van der Waals surface area (Å²) in [6.45, 7) is 4.28. The van der Waals surface area contributed by atoms with Crippen LogP contribution in [0.5, 0.6) is 0 Å². The molecule has 2 N–H and O–H groups in total. The van der Waals surface area contributed by atoms with E-state index in [9.17, 15) is 4.79 Å². The number of halogens is 1. The van der Waals surface area contributed by atoms with Crippen molar-refractivity contribution in [2.45, 2.75) is 26.3 Å². The van der Waals surface area contributed by atoms with E-state index in [1.165, 1.54) is 0 Å². The maximum Gasteiger partial charge on any atom is 0.315 e. The first kappa shape index (κ1) is 15.4. The van der Waals surface area contributed by atoms with Crippen LogP contribution in [-0.4, -0.2) is 12.6 Å². The second-order valence-electron chi connectivity index (χ2n) is 4.91. The molecule has 0 aliphatic carbocycles. The zero-order valence-corrected chi connectivity index (χ0v) is 12.9. The number of nitrogens with one attached hydrogen (secondary N) is 2. The summed E-state index contributed by atoms with van der Waals surface area (Å²) in [6.07, 6.45) is 0.696. The van der Waals surface area contributed by atoms with E-state index in [-0.39, 0.29) is 12.1 Å². The van der Waals surface area contributed by atoms with Gasteiger partial charge in [-0.15, -0.1) is 0 Å². The fraction of sp³-hybridized carbons (Fsp3) is 0.312. The van der Waals surface area contributed by atoms with Gasteiger partial charge in [-0.3, -0.25) is 0 Å². The standard InChI is InChI=1S/C16H19ClN2O2/c1-11-7-8-15(21-11)12(2)19-16(20)18-10-9-13-5-3-4-6-14(13)17/h3-8,12H,9-10H2,1-2H3,(H2,18,19,20). The number of aryl methyl sites for hydroxylation is 1. The van der Waals surface area contributed by atoms with Gasteiger partial charge < -0.3 is 15.1 Å². The molecular formula is C16H19ClN2O2. The van der Waals surface area contributed by atoms with Gasteiger partial charge in [-0.1, -0.05) is 29.8 Å². The fourth-order valence-corrected chi connectivity index (χ4v) is 2.25. The second kappa shape index (κ2) is 7.18. The van der Waals surface area contributed by atoms with Gasteiger partial charge in [0, 0.05) is 11.6 Å². The zero-order chi connectivity index (χ0) is 15.2. The second-order valence-corrected chi connectivity index (χ2v) is 5.32. The predicted octanol–water partition coefficient (Wildman–Crippen LogP) is 3.84. The highest BCUT2D eigenvalue weighted by Gasteiger charge is 2.12. The van der Waals surface area contributed by atoms with Crippen molar-refractivity contribution >= 4 is 17.6 Å². The molecule has 2 rings (SSSR count). The number of rotatable bonds is 5. The number of furan rings is 1. The number of benzene rings is 1. The topological polar surface area (TPSA) is 54.3 Å². The Morgan fingerprint density at radius 2 is 2.05 bits per heavy atom. The molecule has 0 radical (unpaired) electrons. The molecule has 4 nitrogen and oxygen atoms in total. The van der Waals surface area contributed by atoms with Gasteiger partial charge in [0.05, 0.1) is 6.04 Å². The van der Waals surface area contributed by atoms with Crippen LogP contribution in [0.1, 0.15) is 30.0 Å². The van der Waals surface area contributed by atoms with E-state index in [0.29, 0.717) is 13.0 Å². The van der Waals surface area contributed by atoms with Crippen molar-refractivity contribution in [3.05, 3.63) is 58.5 Å². The molecule has 0 bridgehead atoms. The quantitative estimate of drug-likeness (QED) is 0.881. The van der Waals surface area contributed by atoms with Crippen molar-refractivity contribution < 1.29 is 9.21 Å². The Morgan fingerprint density at radius 3 is 2.71 bits per heavy atom. The minimum atomic E-state index is -0.219. The monoisotopic (exact) mass is 306 g/mol. The molecule has 1 atom stereocenters. The average Bonchev–Trinajstić information content (AvgIpc) is 2.88. The lowest BCUT2D eigenvalue weighted by molar-refractivity contribution is 0.236. The van der Waals surface area contributed by atoms with Crippen molar-refractivity contribution in [1.82, 2.24) is 10.6 Å². The molecule has 0 saturated heterocycles. The van der Waals surface area contributed by atoms with Gasteiger partial charge in [0.15, 0.2) is 0 Å². The molecule has 0 aliphatic rings. The molecule has 0 spiro atoms. The van der Waals surface area contributed by atoms with Crippen LogP contribution in [0.15, 0.2) is 40.8 Å². The number of carbonyl (C=O) groups is 1. The van der Waals surface area contributed by atoms with E-state index in [1.54, 1.807) is 0 Å². The summed E-state index contributed by atoms with van der Waals surface area (Å²) < 4.78 is 5.48. The van der Waals surface area contributed by atoms with E-state index in [0.717, 1.165) is 22.1 Å². The summed E-state index contributed by atoms with van der Waals surface area (Å²) in [4.78, 5) is 11.8. The Kier molecular flexibility index (Phi) is 5.28. The summed E-state index contributed by atoms with van der Waals surface area (Å²) >= 11 is 6.07. The van der Waals surface area contributed by atoms with Gasteiger partial charge in [0.1, 0.15) is 11.5 Å². The van der Waals surface area contributed by atoms with Crippen LogP contribution < -0.4 is 10.6 Å². The maximum absolute atomic E-state index is 11.8. The van der Waals surface area contributed by atoms with Gasteiger partial charge in [0.25, 0.3) is 0 Å². The van der Waals surface area contributed by atoms with E-state index in [4.69, 9.17) is 16.0 Å². The Morgan fingerprint density at radius 1 is 1.29 bits per heavy atom. The fourth-order valence-electron chi connectivity index (χ4n) is 2.02. The SMILES string of the molecule is Cc1ccc(C(C)NC(=O)NCCc2ccccc2Cl)o1. The molecule has 1 aromatic carbocycles. The van der Waals surface area contributed by atoms with Gasteiger partial charge in [-0.2, -0.15) is 0 Å². The van der Waals surface area contributed by atoms with E-state index >= 15 is 0 Å². The van der Waals surface area contributed by atoms with Crippen LogP contribution in [-0.2, 0) is 6.42 Å². The van der Waals surface area contributed by atoms with Crippen molar-refractivity contribution in [2.24, 2.45) is 0 Å². The van der Waals surface area contributed by atoms with Crippen molar-refractivity contribution in [2.75, 3.05) is 6.54 Å². The average molecular weight is 307 g/mol. The van der Waals surface area contributed by atoms with Crippen LogP contribution in [0.25, 0.3) is 0 Å². The lowest BCUT2D eigenvalue weighted by atomic mass is 10.1. The lowest BCUT2D eigenvalue weighted by Crippen LogP contribution is -2.37. The summed E-state index contributed by atoms with van der Waals surface area (Å²) in [5.74, 6) is 1.58. The van der Waals surface area contributed by atoms with E-state index < -0.39 is 0 Å². The van der Waals surface area contributed by atoms with Crippen molar-refractivity contribution in [1.29, 1.82) is 0 Å². The molecule has 112 valence electrons. The maximum atomic E-state index is 11.8. The third kappa shape index (κ3) is 4.53. The summed E-state index contributed by atoms with van der Waals surface area (Å²) in [7, 11) is 0. The predicted molar refractivity (Wildman–Crippen MR) is 83.6 cm³/mol. The Hall–Kier alpha value is -1.94. The van der Waals surface area contributed by atoms with Crippen molar-refractivity contribution in [3.8, 4) is 0 Å². The van der Waals surface area contributed by atoms with Gasteiger partial charge >= 0.3 is 6.03 Å². The Balaban J connectivity index is 1.76. The molecule has 1 aromatic heterocycles. The normalized spacial score (nSPS) is 12.0. The van der Waals surface area contributed by atoms with Crippen LogP contribution in [0.3, 0.4) is 0 Å². The number of urea groups is 1. The van der Waals surface area contributed by atoms with Crippen molar-refractivity contribution in [3.63, 3.8) is 0 Å². The first-order valence-corrected chi connectivity index (χ1v) is 7.28. The molecule has 1 unspecified atom stereocenters. The largest absolute Gasteiger partial charge is 0.464 e. The highest BCUT2D eigenvalue weighted by molar-refractivity contribution is 6.31. The number of amides is 2. The van der Waals surface area contributed by atoms with E-state index in [1.807, 2.05) is 50.2 Å². The van der Waals surface area contributed by atoms with Crippen LogP contribution in [0, 0.1) is 6.92 Å². The molecule has 2 amide bonds. The van der Waals surface area contributed by atoms with Crippen LogP contribution >= 0.6 is 11.6 Å². The molecule has 1 heterocycles. The highest BCUT2D eigenvalue weighted by atomic mass is 35.5. The molecule has 0 aliphatic heterocycles. The summed E-state index contributed by atoms with van der Waals surface area (Å²) in [6, 6.07) is 11.0. The first-order valence-electron chi connectivity index (χ1n) is 6.90. The van der Waals surface area contributed by atoms with Crippen LogP contribution in [0.4, 0.5) is 4.79 Å². The first-order chi connectivity index (χ1) is 10.1. The van der Waals surface area contributed by atoms with Gasteiger partial charge in [-0.25, -0.2) is 4.79 Å². The summed E-state index contributed by atoms with van der Waals surface area (Å²) in [5.41, 5.74) is 1.02. The molecule has 2 aromatic rings. The highest BCUT2D eigenvalue weighted by Crippen LogP contribution is 2.16. The number of hydrogen-bond donors (Lipinski definition) is 2. The molecule has 21 heavy (non-hydrogen) atoms. The third-order valence-corrected chi connectivity index (χ3v) is 3.54. The Labute approximate surface area is 129 Å². The minimum Gasteiger partial charge on any atom is -0.464 e. The van der Waals surface area contributed by atoms with Gasteiger partial charge in [-0.05, 0) is 44.0 Å². The molecule has 0 saturated carbocycles. The summed E-state index contributed by atoms with van der Waals surface area (Å²) in [5, 5.41) is 6.37. The van der Waals surface area contributed by atoms with E-state index in [2.05, 4.69) is 10.6 Å². The zero-order valence-electron chi connectivity index (χ0n) is 12.2. The molecule has 0 fully saturated rings. The molecular weight excluding hydrogens is 288 g/mol. The van der Waals surface area contributed by atoms with Gasteiger partial charge in [0.2, 0.25) is 0 Å². The Bertz CT molecular complexity index is 610. The minimum absolute atomic E-state index is 0.168. The lowest BCUT2D eigenvalue weighted by Gasteiger charge is -2.13. The van der Waals surface area contributed by atoms with Crippen LogP contribution in [0.2, 0.25) is 5.02 Å².